The van der Waals surface area contributed by atoms with E-state index in [2.05, 4.69) is 34.0 Å². The Hall–Kier alpha value is -1.78. The van der Waals surface area contributed by atoms with E-state index in [-0.39, 0.29) is 0 Å². The summed E-state index contributed by atoms with van der Waals surface area (Å²) >= 11 is 0. The van der Waals surface area contributed by atoms with E-state index < -0.39 is 0 Å². The third-order valence-corrected chi connectivity index (χ3v) is 2.81. The van der Waals surface area contributed by atoms with Crippen molar-refractivity contribution in [2.75, 3.05) is 7.05 Å². The fourth-order valence-electron chi connectivity index (χ4n) is 1.91. The molecule has 0 saturated heterocycles. The molecule has 0 radical (unpaired) electrons. The molecule has 1 aromatic heterocycles. The molecule has 0 bridgehead atoms. The van der Waals surface area contributed by atoms with Crippen LogP contribution in [0.1, 0.15) is 17.0 Å². The molecule has 4 heteroatoms. The first-order valence-electron chi connectivity index (χ1n) is 6.01. The van der Waals surface area contributed by atoms with Crippen LogP contribution in [0.15, 0.2) is 42.7 Å². The van der Waals surface area contributed by atoms with Gasteiger partial charge in [0.25, 0.3) is 0 Å². The predicted molar refractivity (Wildman–Crippen MR) is 71.5 cm³/mol. The Balaban J connectivity index is 2.01. The molecule has 1 heterocycles. The number of nitrogens with zero attached hydrogens (tertiary/aromatic N) is 3. The van der Waals surface area contributed by atoms with Gasteiger partial charge in [-0.05, 0) is 24.2 Å². The van der Waals surface area contributed by atoms with E-state index in [0.29, 0.717) is 6.54 Å². The van der Waals surface area contributed by atoms with Crippen molar-refractivity contribution in [1.82, 2.24) is 14.9 Å². The smallest absolute Gasteiger partial charge is 0.142 e. The molecular formula is C14H18N4. The molecule has 0 aliphatic heterocycles. The SMILES string of the molecule is CN(Cc1ncccn1)Cc1ccccc1CN. The molecule has 0 atom stereocenters. The van der Waals surface area contributed by atoms with Crippen molar-refractivity contribution in [3.05, 3.63) is 59.7 Å². The molecule has 2 rings (SSSR count). The second-order valence-corrected chi connectivity index (χ2v) is 4.31. The summed E-state index contributed by atoms with van der Waals surface area (Å²) < 4.78 is 0. The lowest BCUT2D eigenvalue weighted by Gasteiger charge is -2.17. The maximum Gasteiger partial charge on any atom is 0.142 e. The molecule has 0 unspecified atom stereocenters. The number of hydrogen-bond donors (Lipinski definition) is 1. The van der Waals surface area contributed by atoms with Crippen LogP contribution in [-0.2, 0) is 19.6 Å². The molecule has 4 nitrogen and oxygen atoms in total. The monoisotopic (exact) mass is 242 g/mol. The number of hydrogen-bond acceptors (Lipinski definition) is 4. The second-order valence-electron chi connectivity index (χ2n) is 4.31. The van der Waals surface area contributed by atoms with E-state index >= 15 is 0 Å². The predicted octanol–water partition coefficient (Wildman–Crippen LogP) is 1.57. The van der Waals surface area contributed by atoms with Crippen LogP contribution >= 0.6 is 0 Å². The van der Waals surface area contributed by atoms with Crippen LogP contribution in [0.2, 0.25) is 0 Å². The normalized spacial score (nSPS) is 10.8. The summed E-state index contributed by atoms with van der Waals surface area (Å²) in [7, 11) is 2.06. The Kier molecular flexibility index (Phi) is 4.39. The first-order chi connectivity index (χ1) is 8.79. The zero-order chi connectivity index (χ0) is 12.8. The van der Waals surface area contributed by atoms with Crippen LogP contribution in [0.25, 0.3) is 0 Å². The average molecular weight is 242 g/mol. The Bertz CT molecular complexity index is 484. The standard InChI is InChI=1S/C14H18N4/c1-18(11-14-16-7-4-8-17-14)10-13-6-3-2-5-12(13)9-15/h2-8H,9-11,15H2,1H3. The van der Waals surface area contributed by atoms with Crippen LogP contribution in [0.3, 0.4) is 0 Å². The summed E-state index contributed by atoms with van der Waals surface area (Å²) in [5.74, 6) is 0.838. The molecule has 2 aromatic rings. The van der Waals surface area contributed by atoms with Crippen molar-refractivity contribution in [2.45, 2.75) is 19.6 Å². The highest BCUT2D eigenvalue weighted by Crippen LogP contribution is 2.11. The van der Waals surface area contributed by atoms with E-state index in [1.54, 1.807) is 12.4 Å². The van der Waals surface area contributed by atoms with E-state index in [9.17, 15) is 0 Å². The molecule has 94 valence electrons. The van der Waals surface area contributed by atoms with Crippen LogP contribution in [-0.4, -0.2) is 21.9 Å². The number of benzene rings is 1. The van der Waals surface area contributed by atoms with E-state index in [1.807, 2.05) is 18.2 Å². The van der Waals surface area contributed by atoms with Gasteiger partial charge in [-0.25, -0.2) is 9.97 Å². The highest BCUT2D eigenvalue weighted by Gasteiger charge is 2.06. The summed E-state index contributed by atoms with van der Waals surface area (Å²) in [5.41, 5.74) is 8.19. The Morgan fingerprint density at radius 3 is 2.33 bits per heavy atom. The van der Waals surface area contributed by atoms with E-state index in [0.717, 1.165) is 18.9 Å². The topological polar surface area (TPSA) is 55.0 Å². The summed E-state index contributed by atoms with van der Waals surface area (Å²) in [6.45, 7) is 2.16. The fraction of sp³-hybridized carbons (Fsp3) is 0.286. The lowest BCUT2D eigenvalue weighted by molar-refractivity contribution is 0.309. The van der Waals surface area contributed by atoms with Crippen molar-refractivity contribution in [1.29, 1.82) is 0 Å². The van der Waals surface area contributed by atoms with Crippen molar-refractivity contribution in [3.63, 3.8) is 0 Å². The van der Waals surface area contributed by atoms with Crippen molar-refractivity contribution in [2.24, 2.45) is 5.73 Å². The molecule has 18 heavy (non-hydrogen) atoms. The van der Waals surface area contributed by atoms with Gasteiger partial charge in [0.2, 0.25) is 0 Å². The first kappa shape index (κ1) is 12.7. The number of nitrogens with two attached hydrogens (primary N) is 1. The van der Waals surface area contributed by atoms with Crippen LogP contribution in [0.4, 0.5) is 0 Å². The lowest BCUT2D eigenvalue weighted by atomic mass is 10.1. The zero-order valence-corrected chi connectivity index (χ0v) is 10.6. The minimum atomic E-state index is 0.575. The highest BCUT2D eigenvalue weighted by atomic mass is 15.1. The molecule has 0 fully saturated rings. The van der Waals surface area contributed by atoms with Gasteiger partial charge in [0.15, 0.2) is 0 Å². The van der Waals surface area contributed by atoms with Gasteiger partial charge >= 0.3 is 0 Å². The Labute approximate surface area is 107 Å². The quantitative estimate of drug-likeness (QED) is 0.864. The van der Waals surface area contributed by atoms with Gasteiger partial charge in [-0.15, -0.1) is 0 Å². The Morgan fingerprint density at radius 1 is 1.00 bits per heavy atom. The van der Waals surface area contributed by atoms with Crippen LogP contribution in [0, 0.1) is 0 Å². The van der Waals surface area contributed by atoms with Gasteiger partial charge < -0.3 is 5.73 Å². The summed E-state index contributed by atoms with van der Waals surface area (Å²) in [5, 5.41) is 0. The first-order valence-corrected chi connectivity index (χ1v) is 6.01. The van der Waals surface area contributed by atoms with E-state index in [4.69, 9.17) is 5.73 Å². The molecule has 0 saturated carbocycles. The molecule has 2 N–H and O–H groups in total. The van der Waals surface area contributed by atoms with Crippen molar-refractivity contribution >= 4 is 0 Å². The molecule has 1 aromatic carbocycles. The minimum Gasteiger partial charge on any atom is -0.326 e. The fourth-order valence-corrected chi connectivity index (χ4v) is 1.91. The number of aromatic nitrogens is 2. The van der Waals surface area contributed by atoms with Gasteiger partial charge in [-0.1, -0.05) is 24.3 Å². The van der Waals surface area contributed by atoms with Crippen molar-refractivity contribution < 1.29 is 0 Å². The summed E-state index contributed by atoms with van der Waals surface area (Å²) in [6.07, 6.45) is 3.54. The molecule has 0 aliphatic carbocycles. The zero-order valence-electron chi connectivity index (χ0n) is 10.6. The summed E-state index contributed by atoms with van der Waals surface area (Å²) in [6, 6.07) is 10.1. The van der Waals surface area contributed by atoms with Crippen molar-refractivity contribution in [3.8, 4) is 0 Å². The molecule has 0 spiro atoms. The van der Waals surface area contributed by atoms with E-state index in [1.165, 1.54) is 11.1 Å². The van der Waals surface area contributed by atoms with Crippen LogP contribution in [0.5, 0.6) is 0 Å². The molecule has 0 aliphatic rings. The second kappa shape index (κ2) is 6.23. The molecular weight excluding hydrogens is 224 g/mol. The third kappa shape index (κ3) is 3.35. The largest absolute Gasteiger partial charge is 0.326 e. The van der Waals surface area contributed by atoms with Gasteiger partial charge in [0.1, 0.15) is 5.82 Å². The van der Waals surface area contributed by atoms with Crippen LogP contribution < -0.4 is 5.73 Å². The average Bonchev–Trinajstić information content (AvgIpc) is 2.40. The Morgan fingerprint density at radius 2 is 1.67 bits per heavy atom. The third-order valence-electron chi connectivity index (χ3n) is 2.81. The minimum absolute atomic E-state index is 0.575. The maximum atomic E-state index is 5.74. The lowest BCUT2D eigenvalue weighted by Crippen LogP contribution is -2.20. The van der Waals surface area contributed by atoms with Gasteiger partial charge in [-0.2, -0.15) is 0 Å². The maximum absolute atomic E-state index is 5.74. The van der Waals surface area contributed by atoms with Gasteiger partial charge in [-0.3, -0.25) is 4.90 Å². The highest BCUT2D eigenvalue weighted by molar-refractivity contribution is 5.26. The van der Waals surface area contributed by atoms with Gasteiger partial charge in [0, 0.05) is 25.5 Å². The van der Waals surface area contributed by atoms with Gasteiger partial charge in [0.05, 0.1) is 6.54 Å². The summed E-state index contributed by atoms with van der Waals surface area (Å²) in [4.78, 5) is 10.6. The number of rotatable bonds is 5. The molecule has 0 amide bonds.